The van der Waals surface area contributed by atoms with Crippen LogP contribution in [0.15, 0.2) is 28.7 Å². The number of rotatable bonds is 3. The second kappa shape index (κ2) is 6.58. The number of benzene rings is 1. The molecule has 2 aromatic rings. The zero-order valence-electron chi connectivity index (χ0n) is 11.6. The van der Waals surface area contributed by atoms with Crippen molar-refractivity contribution in [3.63, 3.8) is 0 Å². The van der Waals surface area contributed by atoms with Crippen LogP contribution in [0.3, 0.4) is 0 Å². The van der Waals surface area contributed by atoms with Crippen molar-refractivity contribution >= 4 is 40.6 Å². The maximum absolute atomic E-state index is 5.21. The van der Waals surface area contributed by atoms with Gasteiger partial charge in [-0.3, -0.25) is 5.43 Å². The molecule has 0 aliphatic carbocycles. The molecule has 20 heavy (non-hydrogen) atoms. The van der Waals surface area contributed by atoms with Gasteiger partial charge in [0.2, 0.25) is 0 Å². The molecule has 0 atom stereocenters. The van der Waals surface area contributed by atoms with Crippen LogP contribution in [0.5, 0.6) is 0 Å². The van der Waals surface area contributed by atoms with Gasteiger partial charge in [0.1, 0.15) is 0 Å². The molecule has 0 saturated heterocycles. The number of hydrogen-bond donors (Lipinski definition) is 2. The molecule has 0 aliphatic heterocycles. The Labute approximate surface area is 127 Å². The maximum atomic E-state index is 5.21. The fourth-order valence-corrected chi connectivity index (χ4v) is 2.36. The molecule has 0 spiro atoms. The number of anilines is 1. The van der Waals surface area contributed by atoms with E-state index in [4.69, 9.17) is 12.2 Å². The third-order valence-corrected chi connectivity index (χ3v) is 3.84. The third kappa shape index (κ3) is 3.85. The lowest BCUT2D eigenvalue weighted by atomic mass is 10.1. The van der Waals surface area contributed by atoms with Gasteiger partial charge in [-0.2, -0.15) is 5.10 Å². The molecule has 0 saturated carbocycles. The highest BCUT2D eigenvalue weighted by molar-refractivity contribution is 7.80. The minimum Gasteiger partial charge on any atom is -0.331 e. The van der Waals surface area contributed by atoms with E-state index in [0.29, 0.717) is 5.11 Å². The van der Waals surface area contributed by atoms with Gasteiger partial charge < -0.3 is 5.32 Å². The second-order valence-electron chi connectivity index (χ2n) is 4.36. The summed E-state index contributed by atoms with van der Waals surface area (Å²) in [6.45, 7) is 6.09. The molecular formula is C14H16N4S2. The Kier molecular flexibility index (Phi) is 4.81. The van der Waals surface area contributed by atoms with Gasteiger partial charge in [-0.15, -0.1) is 11.3 Å². The molecule has 0 bridgehead atoms. The average Bonchev–Trinajstić information content (AvgIpc) is 2.81. The molecule has 1 aromatic carbocycles. The van der Waals surface area contributed by atoms with E-state index in [0.717, 1.165) is 16.4 Å². The highest BCUT2D eigenvalue weighted by Gasteiger charge is 2.02. The number of thiocarbonyl (C=S) groups is 1. The summed E-state index contributed by atoms with van der Waals surface area (Å²) in [5.74, 6) is 0. The molecule has 2 rings (SSSR count). The predicted molar refractivity (Wildman–Crippen MR) is 89.7 cm³/mol. The Morgan fingerprint density at radius 3 is 2.85 bits per heavy atom. The fraction of sp³-hybridized carbons (Fsp3) is 0.214. The maximum Gasteiger partial charge on any atom is 0.191 e. The standard InChI is InChI=1S/C14H16N4S2/c1-9-5-4-6-13(10(9)2)17-14(19)18-15-7-12-8-20-11(3)16-12/h4-8H,1-3H3,(H2,17,18,19)/b15-7+. The van der Waals surface area contributed by atoms with Crippen molar-refractivity contribution in [2.24, 2.45) is 5.10 Å². The molecule has 6 heteroatoms. The zero-order chi connectivity index (χ0) is 14.5. The summed E-state index contributed by atoms with van der Waals surface area (Å²) in [5.41, 5.74) is 7.00. The highest BCUT2D eigenvalue weighted by Crippen LogP contribution is 2.17. The van der Waals surface area contributed by atoms with E-state index in [-0.39, 0.29) is 0 Å². The highest BCUT2D eigenvalue weighted by atomic mass is 32.1. The molecule has 2 N–H and O–H groups in total. The molecular weight excluding hydrogens is 288 g/mol. The van der Waals surface area contributed by atoms with E-state index in [2.05, 4.69) is 40.7 Å². The summed E-state index contributed by atoms with van der Waals surface area (Å²) in [6, 6.07) is 6.05. The molecule has 1 aromatic heterocycles. The van der Waals surface area contributed by atoms with Crippen LogP contribution in [-0.4, -0.2) is 16.3 Å². The van der Waals surface area contributed by atoms with Crippen molar-refractivity contribution in [2.75, 3.05) is 5.32 Å². The summed E-state index contributed by atoms with van der Waals surface area (Å²) in [5, 5.41) is 10.6. The van der Waals surface area contributed by atoms with Gasteiger partial charge >= 0.3 is 0 Å². The van der Waals surface area contributed by atoms with E-state index in [1.54, 1.807) is 17.6 Å². The molecule has 4 nitrogen and oxygen atoms in total. The van der Waals surface area contributed by atoms with Crippen LogP contribution in [0.25, 0.3) is 0 Å². The minimum atomic E-state index is 0.460. The lowest BCUT2D eigenvalue weighted by Gasteiger charge is -2.11. The smallest absolute Gasteiger partial charge is 0.191 e. The number of aryl methyl sites for hydroxylation is 2. The van der Waals surface area contributed by atoms with Gasteiger partial charge in [-0.05, 0) is 50.2 Å². The van der Waals surface area contributed by atoms with Gasteiger partial charge in [0, 0.05) is 11.1 Å². The SMILES string of the molecule is Cc1nc(/C=N/NC(=S)Nc2cccc(C)c2C)cs1. The normalized spacial score (nSPS) is 10.8. The van der Waals surface area contributed by atoms with Crippen molar-refractivity contribution in [1.29, 1.82) is 0 Å². The summed E-state index contributed by atoms with van der Waals surface area (Å²) >= 11 is 6.80. The second-order valence-corrected chi connectivity index (χ2v) is 5.83. The van der Waals surface area contributed by atoms with Gasteiger partial charge in [0.15, 0.2) is 5.11 Å². The quantitative estimate of drug-likeness (QED) is 0.518. The largest absolute Gasteiger partial charge is 0.331 e. The Morgan fingerprint density at radius 2 is 2.15 bits per heavy atom. The van der Waals surface area contributed by atoms with Crippen molar-refractivity contribution in [2.45, 2.75) is 20.8 Å². The van der Waals surface area contributed by atoms with Crippen LogP contribution in [0, 0.1) is 20.8 Å². The number of nitrogens with zero attached hydrogens (tertiary/aromatic N) is 2. The lowest BCUT2D eigenvalue weighted by Crippen LogP contribution is -2.24. The fourth-order valence-electron chi connectivity index (χ4n) is 1.63. The molecule has 104 valence electrons. The summed E-state index contributed by atoms with van der Waals surface area (Å²) < 4.78 is 0. The van der Waals surface area contributed by atoms with E-state index >= 15 is 0 Å². The Bertz CT molecular complexity index is 646. The van der Waals surface area contributed by atoms with Crippen LogP contribution in [0.2, 0.25) is 0 Å². The van der Waals surface area contributed by atoms with E-state index < -0.39 is 0 Å². The van der Waals surface area contributed by atoms with Crippen molar-refractivity contribution < 1.29 is 0 Å². The monoisotopic (exact) mass is 304 g/mol. The summed E-state index contributed by atoms with van der Waals surface area (Å²) in [7, 11) is 0. The molecule has 0 fully saturated rings. The van der Waals surface area contributed by atoms with E-state index in [1.807, 2.05) is 24.4 Å². The first-order valence-electron chi connectivity index (χ1n) is 6.14. The number of nitrogens with one attached hydrogen (secondary N) is 2. The number of hydrazone groups is 1. The van der Waals surface area contributed by atoms with Crippen molar-refractivity contribution in [1.82, 2.24) is 10.4 Å². The predicted octanol–water partition coefficient (Wildman–Crippen LogP) is 3.39. The number of thiazole rings is 1. The van der Waals surface area contributed by atoms with Crippen LogP contribution in [0.1, 0.15) is 21.8 Å². The average molecular weight is 304 g/mol. The third-order valence-electron chi connectivity index (χ3n) is 2.85. The Hall–Kier alpha value is -1.79. The van der Waals surface area contributed by atoms with Crippen LogP contribution in [0.4, 0.5) is 5.69 Å². The number of aromatic nitrogens is 1. The van der Waals surface area contributed by atoms with E-state index in [9.17, 15) is 0 Å². The summed E-state index contributed by atoms with van der Waals surface area (Å²) in [4.78, 5) is 4.28. The first-order valence-corrected chi connectivity index (χ1v) is 7.43. The van der Waals surface area contributed by atoms with Gasteiger partial charge in [0.25, 0.3) is 0 Å². The van der Waals surface area contributed by atoms with Crippen LogP contribution in [-0.2, 0) is 0 Å². The zero-order valence-corrected chi connectivity index (χ0v) is 13.2. The Balaban J connectivity index is 1.93. The van der Waals surface area contributed by atoms with Gasteiger partial charge in [-0.25, -0.2) is 4.98 Å². The minimum absolute atomic E-state index is 0.460. The van der Waals surface area contributed by atoms with Crippen molar-refractivity contribution in [3.8, 4) is 0 Å². The van der Waals surface area contributed by atoms with Crippen LogP contribution < -0.4 is 10.7 Å². The topological polar surface area (TPSA) is 49.3 Å². The first kappa shape index (κ1) is 14.6. The molecule has 0 aliphatic rings. The molecule has 1 heterocycles. The van der Waals surface area contributed by atoms with E-state index in [1.165, 1.54) is 11.1 Å². The molecule has 0 radical (unpaired) electrons. The Morgan fingerprint density at radius 1 is 1.35 bits per heavy atom. The van der Waals surface area contributed by atoms with Crippen LogP contribution >= 0.6 is 23.6 Å². The lowest BCUT2D eigenvalue weighted by molar-refractivity contribution is 1.05. The van der Waals surface area contributed by atoms with Gasteiger partial charge in [0.05, 0.1) is 16.9 Å². The van der Waals surface area contributed by atoms with Crippen molar-refractivity contribution in [3.05, 3.63) is 45.4 Å². The molecule has 0 amide bonds. The molecule has 0 unspecified atom stereocenters. The van der Waals surface area contributed by atoms with Gasteiger partial charge in [-0.1, -0.05) is 12.1 Å². The summed E-state index contributed by atoms with van der Waals surface area (Å²) in [6.07, 6.45) is 1.65. The number of hydrogen-bond acceptors (Lipinski definition) is 4. The first-order chi connectivity index (χ1) is 9.56.